The topological polar surface area (TPSA) is 68.2 Å². The Bertz CT molecular complexity index is 609. The molecule has 1 N–H and O–H groups in total. The summed E-state index contributed by atoms with van der Waals surface area (Å²) >= 11 is 0. The molecular weight excluding hydrogens is 346 g/mol. The molecule has 4 rings (SSSR count). The predicted molar refractivity (Wildman–Crippen MR) is 99.7 cm³/mol. The van der Waals surface area contributed by atoms with Gasteiger partial charge < -0.3 is 24.2 Å². The van der Waals surface area contributed by atoms with Crippen molar-refractivity contribution in [1.82, 2.24) is 4.90 Å². The molecule has 0 saturated carbocycles. The Morgan fingerprint density at radius 2 is 2.30 bits per heavy atom. The van der Waals surface area contributed by atoms with Gasteiger partial charge in [-0.2, -0.15) is 0 Å². The summed E-state index contributed by atoms with van der Waals surface area (Å²) in [5, 5.41) is 11.5. The van der Waals surface area contributed by atoms with E-state index in [1.165, 1.54) is 0 Å². The van der Waals surface area contributed by atoms with Gasteiger partial charge in [0, 0.05) is 18.9 Å². The summed E-state index contributed by atoms with van der Waals surface area (Å²) in [5.74, 6) is -0.247. The molecule has 4 aliphatic rings. The maximum atomic E-state index is 13.3. The number of ether oxygens (including phenoxy) is 3. The van der Waals surface area contributed by atoms with Crippen molar-refractivity contribution in [2.75, 3.05) is 13.2 Å². The Hall–Kier alpha value is -0.950. The number of aliphatic hydroxyl groups excluding tert-OH is 1. The lowest BCUT2D eigenvalue weighted by Crippen LogP contribution is -2.66. The second-order valence-electron chi connectivity index (χ2n) is 8.68. The van der Waals surface area contributed by atoms with Crippen LogP contribution in [-0.4, -0.2) is 58.9 Å². The summed E-state index contributed by atoms with van der Waals surface area (Å²) in [6.07, 6.45) is 8.42. The van der Waals surface area contributed by atoms with Crippen molar-refractivity contribution in [2.24, 2.45) is 11.8 Å². The molecule has 0 aromatic carbocycles. The van der Waals surface area contributed by atoms with Crippen LogP contribution in [0.5, 0.6) is 0 Å². The van der Waals surface area contributed by atoms with Gasteiger partial charge in [-0.25, -0.2) is 0 Å². The van der Waals surface area contributed by atoms with Crippen LogP contribution in [0.3, 0.4) is 0 Å². The number of aliphatic hydroxyl groups is 1. The molecule has 6 nitrogen and oxygen atoms in total. The second kappa shape index (κ2) is 7.14. The Morgan fingerprint density at radius 1 is 1.48 bits per heavy atom. The van der Waals surface area contributed by atoms with E-state index in [0.717, 1.165) is 32.1 Å². The molecular formula is C21H33NO5. The molecule has 3 fully saturated rings. The third kappa shape index (κ3) is 2.71. The Labute approximate surface area is 161 Å². The van der Waals surface area contributed by atoms with Crippen LogP contribution in [0.25, 0.3) is 0 Å². The van der Waals surface area contributed by atoms with E-state index in [9.17, 15) is 9.90 Å². The standard InChI is InChI=1S/C21H33NO5/c1-4-5-11-25-17-12-16-19(24)22-14(2)26-13-21(22,20(16,3)27-17)18(23)15-9-7-6-8-10-15/h7,9,14-18,23H,4-6,8,10-13H2,1-3H3/t14-,15+,16-,17?,18+,20-,21+/m0/s1. The minimum Gasteiger partial charge on any atom is -0.390 e. The first-order valence-corrected chi connectivity index (χ1v) is 10.5. The summed E-state index contributed by atoms with van der Waals surface area (Å²) in [6.45, 7) is 6.94. The van der Waals surface area contributed by atoms with E-state index in [2.05, 4.69) is 19.1 Å². The molecule has 1 amide bonds. The first-order chi connectivity index (χ1) is 13.0. The van der Waals surface area contributed by atoms with E-state index in [-0.39, 0.29) is 30.3 Å². The zero-order valence-corrected chi connectivity index (χ0v) is 16.7. The van der Waals surface area contributed by atoms with Gasteiger partial charge in [-0.1, -0.05) is 25.5 Å². The molecule has 0 aromatic heterocycles. The minimum atomic E-state index is -0.858. The fraction of sp³-hybridized carbons (Fsp3) is 0.857. The summed E-state index contributed by atoms with van der Waals surface area (Å²) in [7, 11) is 0. The van der Waals surface area contributed by atoms with Crippen molar-refractivity contribution < 1.29 is 24.1 Å². The average Bonchev–Trinajstić information content (AvgIpc) is 3.25. The van der Waals surface area contributed by atoms with E-state index in [0.29, 0.717) is 19.6 Å². The Morgan fingerprint density at radius 3 is 3.00 bits per heavy atom. The Kier molecular flexibility index (Phi) is 5.12. The summed E-state index contributed by atoms with van der Waals surface area (Å²) in [4.78, 5) is 15.1. The van der Waals surface area contributed by atoms with Crippen LogP contribution in [0.2, 0.25) is 0 Å². The molecule has 3 heterocycles. The van der Waals surface area contributed by atoms with Gasteiger partial charge >= 0.3 is 0 Å². The van der Waals surface area contributed by atoms with Gasteiger partial charge in [0.05, 0.1) is 18.6 Å². The van der Waals surface area contributed by atoms with Gasteiger partial charge in [0.2, 0.25) is 5.91 Å². The van der Waals surface area contributed by atoms with Crippen molar-refractivity contribution in [1.29, 1.82) is 0 Å². The number of fused-ring (bicyclic) bond motifs is 3. The highest BCUT2D eigenvalue weighted by Gasteiger charge is 2.76. The third-order valence-corrected chi connectivity index (χ3v) is 7.19. The number of carbonyl (C=O) groups excluding carboxylic acids is 1. The number of amides is 1. The second-order valence-corrected chi connectivity index (χ2v) is 8.68. The van der Waals surface area contributed by atoms with E-state index in [1.807, 2.05) is 13.8 Å². The number of hydrogen-bond donors (Lipinski definition) is 1. The zero-order valence-electron chi connectivity index (χ0n) is 16.7. The summed E-state index contributed by atoms with van der Waals surface area (Å²) in [5.41, 5.74) is -1.67. The average molecular weight is 379 g/mol. The van der Waals surface area contributed by atoms with Gasteiger partial charge in [-0.15, -0.1) is 0 Å². The van der Waals surface area contributed by atoms with Crippen LogP contribution in [0, 0.1) is 11.8 Å². The fourth-order valence-corrected chi connectivity index (χ4v) is 5.64. The van der Waals surface area contributed by atoms with Crippen LogP contribution in [0.4, 0.5) is 0 Å². The lowest BCUT2D eigenvalue weighted by Gasteiger charge is -2.47. The van der Waals surface area contributed by atoms with Crippen LogP contribution >= 0.6 is 0 Å². The van der Waals surface area contributed by atoms with Gasteiger partial charge in [0.15, 0.2) is 6.29 Å². The van der Waals surface area contributed by atoms with E-state index in [1.54, 1.807) is 4.90 Å². The molecule has 0 aromatic rings. The number of hydrogen-bond acceptors (Lipinski definition) is 5. The van der Waals surface area contributed by atoms with E-state index >= 15 is 0 Å². The molecule has 7 atom stereocenters. The molecule has 1 unspecified atom stereocenters. The predicted octanol–water partition coefficient (Wildman–Crippen LogP) is 2.60. The van der Waals surface area contributed by atoms with Crippen molar-refractivity contribution in [2.45, 2.75) is 89.1 Å². The number of allylic oxidation sites excluding steroid dienone is 1. The smallest absolute Gasteiger partial charge is 0.231 e. The zero-order chi connectivity index (χ0) is 19.2. The normalized spacial score (nSPS) is 44.6. The highest BCUT2D eigenvalue weighted by atomic mass is 16.7. The van der Waals surface area contributed by atoms with Crippen molar-refractivity contribution in [3.05, 3.63) is 12.2 Å². The molecule has 1 aliphatic carbocycles. The van der Waals surface area contributed by atoms with Gasteiger partial charge in [0.1, 0.15) is 17.4 Å². The third-order valence-electron chi connectivity index (χ3n) is 7.19. The highest BCUT2D eigenvalue weighted by Crippen LogP contribution is 2.58. The van der Waals surface area contributed by atoms with E-state index < -0.39 is 17.2 Å². The van der Waals surface area contributed by atoms with Crippen molar-refractivity contribution in [3.63, 3.8) is 0 Å². The highest BCUT2D eigenvalue weighted by molar-refractivity contribution is 5.86. The minimum absolute atomic E-state index is 0.0159. The molecule has 0 bridgehead atoms. The van der Waals surface area contributed by atoms with Crippen LogP contribution in [0.15, 0.2) is 12.2 Å². The lowest BCUT2D eigenvalue weighted by atomic mass is 9.69. The molecule has 0 radical (unpaired) electrons. The molecule has 152 valence electrons. The number of carbonyl (C=O) groups is 1. The number of nitrogens with zero attached hydrogens (tertiary/aromatic N) is 1. The first-order valence-electron chi connectivity index (χ1n) is 10.5. The van der Waals surface area contributed by atoms with Crippen molar-refractivity contribution >= 4 is 5.91 Å². The van der Waals surface area contributed by atoms with Gasteiger partial charge in [-0.3, -0.25) is 4.79 Å². The quantitative estimate of drug-likeness (QED) is 0.568. The monoisotopic (exact) mass is 379 g/mol. The van der Waals surface area contributed by atoms with Gasteiger partial charge in [0.25, 0.3) is 0 Å². The van der Waals surface area contributed by atoms with Crippen LogP contribution in [0.1, 0.15) is 59.3 Å². The van der Waals surface area contributed by atoms with Gasteiger partial charge in [-0.05, 0) is 39.5 Å². The molecule has 27 heavy (non-hydrogen) atoms. The largest absolute Gasteiger partial charge is 0.390 e. The maximum absolute atomic E-state index is 13.3. The molecule has 0 spiro atoms. The summed E-state index contributed by atoms with van der Waals surface area (Å²) < 4.78 is 18.2. The van der Waals surface area contributed by atoms with Crippen molar-refractivity contribution in [3.8, 4) is 0 Å². The molecule has 6 heteroatoms. The fourth-order valence-electron chi connectivity index (χ4n) is 5.64. The summed E-state index contributed by atoms with van der Waals surface area (Å²) in [6, 6.07) is 0. The van der Waals surface area contributed by atoms with E-state index in [4.69, 9.17) is 14.2 Å². The van der Waals surface area contributed by atoms with Crippen LogP contribution < -0.4 is 0 Å². The van der Waals surface area contributed by atoms with Crippen LogP contribution in [-0.2, 0) is 19.0 Å². The Balaban J connectivity index is 1.66. The SMILES string of the molecule is CCCCOC1C[C@H]2C(=O)N3[C@H](C)OC[C@@]3([C@H](O)[C@@H]3C=CCCC3)[C@@]2(C)O1. The molecule has 3 aliphatic heterocycles. The number of rotatable bonds is 6. The molecule has 3 saturated heterocycles. The maximum Gasteiger partial charge on any atom is 0.231 e. The lowest BCUT2D eigenvalue weighted by molar-refractivity contribution is -0.212. The number of unbranched alkanes of at least 4 members (excludes halogenated alkanes) is 1. The first kappa shape index (κ1) is 19.4.